The molecule has 0 radical (unpaired) electrons. The van der Waals surface area contributed by atoms with Gasteiger partial charge < -0.3 is 15.3 Å². The topological polar surface area (TPSA) is 77.8 Å². The average Bonchev–Trinajstić information content (AvgIpc) is 2.95. The molecule has 3 unspecified atom stereocenters. The van der Waals surface area contributed by atoms with Gasteiger partial charge in [0.2, 0.25) is 0 Å². The van der Waals surface area contributed by atoms with E-state index in [1.807, 2.05) is 6.92 Å². The van der Waals surface area contributed by atoms with Gasteiger partial charge in [-0.2, -0.15) is 22.0 Å². The van der Waals surface area contributed by atoms with Gasteiger partial charge in [0.15, 0.2) is 0 Å². The van der Waals surface area contributed by atoms with Crippen LogP contribution in [0.2, 0.25) is 0 Å². The van der Waals surface area contributed by atoms with Crippen LogP contribution in [0.3, 0.4) is 0 Å². The molecule has 10 heteroatoms. The molecule has 1 aliphatic rings. The summed E-state index contributed by atoms with van der Waals surface area (Å²) in [6.07, 6.45) is 0.160. The third kappa shape index (κ3) is 8.40. The molecule has 1 heterocycles. The summed E-state index contributed by atoms with van der Waals surface area (Å²) in [6, 6.07) is 11.6. The van der Waals surface area contributed by atoms with Crippen LogP contribution in [-0.4, -0.2) is 39.1 Å². The minimum Gasteiger partial charge on any atom is -0.508 e. The van der Waals surface area contributed by atoms with Crippen molar-refractivity contribution in [3.8, 4) is 11.5 Å². The van der Waals surface area contributed by atoms with E-state index in [9.17, 15) is 42.1 Å². The van der Waals surface area contributed by atoms with E-state index in [1.165, 1.54) is 17.8 Å². The van der Waals surface area contributed by atoms with Crippen LogP contribution in [0.4, 0.5) is 22.0 Å². The lowest BCUT2D eigenvalue weighted by atomic mass is 9.55. The summed E-state index contributed by atoms with van der Waals surface area (Å²) in [5.41, 5.74) is -0.481. The van der Waals surface area contributed by atoms with Gasteiger partial charge >= 0.3 is 18.1 Å². The fraction of sp³-hybridized carbons (Fsp3) is 0.618. The molecule has 0 saturated carbocycles. The molecule has 0 spiro atoms. The van der Waals surface area contributed by atoms with Crippen LogP contribution in [0.5, 0.6) is 11.5 Å². The number of benzene rings is 2. The fourth-order valence-electron chi connectivity index (χ4n) is 6.79. The summed E-state index contributed by atoms with van der Waals surface area (Å²) >= 11 is 1.51. The zero-order chi connectivity index (χ0) is 32.6. The van der Waals surface area contributed by atoms with Gasteiger partial charge in [0.1, 0.15) is 11.5 Å². The number of halogens is 5. The second kappa shape index (κ2) is 15.2. The lowest BCUT2D eigenvalue weighted by molar-refractivity contribution is -0.284. The monoisotopic (exact) mass is 644 g/mol. The molecule has 44 heavy (non-hydrogen) atoms. The zero-order valence-electron chi connectivity index (χ0n) is 25.6. The predicted octanol–water partition coefficient (Wildman–Crippen LogP) is 10.6. The minimum atomic E-state index is -5.62. The first-order valence-corrected chi connectivity index (χ1v) is 16.6. The summed E-state index contributed by atoms with van der Waals surface area (Å²) in [5, 5.41) is 31.3. The van der Waals surface area contributed by atoms with Crippen LogP contribution in [0.15, 0.2) is 47.4 Å². The number of carboxylic acid groups (broad SMARTS) is 1. The molecule has 2 aromatic rings. The molecule has 2 aromatic carbocycles. The maximum atomic E-state index is 13.6. The molecule has 4 nitrogen and oxygen atoms in total. The largest absolute Gasteiger partial charge is 0.508 e. The Balaban J connectivity index is 2.00. The van der Waals surface area contributed by atoms with Crippen LogP contribution in [-0.2, 0) is 10.2 Å². The Hall–Kier alpha value is -2.49. The summed E-state index contributed by atoms with van der Waals surface area (Å²) in [4.78, 5) is 14.3. The highest BCUT2D eigenvalue weighted by Gasteiger charge is 2.57. The van der Waals surface area contributed by atoms with E-state index in [0.29, 0.717) is 18.6 Å². The molecule has 3 N–H and O–H groups in total. The Bertz CT molecular complexity index is 1220. The minimum absolute atomic E-state index is 0.0392. The number of hydrogen-bond donors (Lipinski definition) is 3. The first-order chi connectivity index (χ1) is 20.7. The molecule has 0 saturated heterocycles. The van der Waals surface area contributed by atoms with Gasteiger partial charge in [-0.05, 0) is 54.7 Å². The molecular formula is C34H45F5O4S. The van der Waals surface area contributed by atoms with E-state index >= 15 is 0 Å². The molecule has 0 fully saturated rings. The molecule has 3 rings (SSSR count). The van der Waals surface area contributed by atoms with Crippen LogP contribution in [0.1, 0.15) is 114 Å². The number of hydrogen-bond acceptors (Lipinski definition) is 4. The van der Waals surface area contributed by atoms with Gasteiger partial charge in [-0.3, -0.25) is 4.79 Å². The number of aliphatic carboxylic acids is 1. The zero-order valence-corrected chi connectivity index (χ0v) is 26.4. The third-order valence-electron chi connectivity index (χ3n) is 9.23. The molecule has 1 aliphatic heterocycles. The molecule has 0 aromatic heterocycles. The van der Waals surface area contributed by atoms with Crippen molar-refractivity contribution in [3.63, 3.8) is 0 Å². The maximum Gasteiger partial charge on any atom is 0.453 e. The number of carboxylic acids is 1. The highest BCUT2D eigenvalue weighted by Crippen LogP contribution is 2.60. The first-order valence-electron chi connectivity index (χ1n) is 15.6. The van der Waals surface area contributed by atoms with E-state index in [2.05, 4.69) is 6.92 Å². The summed E-state index contributed by atoms with van der Waals surface area (Å²) in [5.74, 6) is -5.78. The number of aromatic hydroxyl groups is 2. The number of unbranched alkanes of at least 4 members (excludes halogenated alkanes) is 8. The Morgan fingerprint density at radius 3 is 1.91 bits per heavy atom. The number of rotatable bonds is 17. The number of thioether (sulfide) groups is 1. The van der Waals surface area contributed by atoms with E-state index in [0.717, 1.165) is 54.5 Å². The van der Waals surface area contributed by atoms with Crippen LogP contribution in [0, 0.1) is 5.41 Å². The van der Waals surface area contributed by atoms with Gasteiger partial charge in [0.25, 0.3) is 0 Å². The molecule has 0 aliphatic carbocycles. The normalized spacial score (nSPS) is 20.2. The maximum absolute atomic E-state index is 13.6. The molecule has 3 atom stereocenters. The second-order valence-electron chi connectivity index (χ2n) is 12.5. The highest BCUT2D eigenvalue weighted by atomic mass is 32.2. The quantitative estimate of drug-likeness (QED) is 0.118. The van der Waals surface area contributed by atoms with Crippen molar-refractivity contribution >= 4 is 17.7 Å². The number of phenolic OH excluding ortho intramolecular Hbond substituents is 2. The van der Waals surface area contributed by atoms with Crippen molar-refractivity contribution in [1.29, 1.82) is 0 Å². The number of alkyl halides is 5. The van der Waals surface area contributed by atoms with Crippen molar-refractivity contribution < 1.29 is 42.1 Å². The van der Waals surface area contributed by atoms with E-state index < -0.39 is 41.2 Å². The molecular weight excluding hydrogens is 599 g/mol. The lowest BCUT2D eigenvalue weighted by Gasteiger charge is -2.51. The van der Waals surface area contributed by atoms with Crippen molar-refractivity contribution in [2.75, 3.05) is 5.75 Å². The van der Waals surface area contributed by atoms with Crippen molar-refractivity contribution in [3.05, 3.63) is 53.6 Å². The number of carbonyl (C=O) groups is 1. The highest BCUT2D eigenvalue weighted by molar-refractivity contribution is 7.99. The van der Waals surface area contributed by atoms with Crippen molar-refractivity contribution in [2.24, 2.45) is 5.41 Å². The number of fused-ring (bicyclic) bond motifs is 1. The second-order valence-corrected chi connectivity index (χ2v) is 13.5. The van der Waals surface area contributed by atoms with E-state index in [1.54, 1.807) is 36.4 Å². The summed E-state index contributed by atoms with van der Waals surface area (Å²) < 4.78 is 65.4. The predicted molar refractivity (Wildman–Crippen MR) is 164 cm³/mol. The van der Waals surface area contributed by atoms with Crippen LogP contribution < -0.4 is 0 Å². The Morgan fingerprint density at radius 2 is 1.34 bits per heavy atom. The average molecular weight is 645 g/mol. The smallest absolute Gasteiger partial charge is 0.453 e. The third-order valence-corrected chi connectivity index (χ3v) is 10.6. The van der Waals surface area contributed by atoms with Gasteiger partial charge in [0, 0.05) is 28.4 Å². The molecule has 246 valence electrons. The van der Waals surface area contributed by atoms with Gasteiger partial charge in [-0.1, -0.05) is 89.8 Å². The fourth-order valence-corrected chi connectivity index (χ4v) is 8.14. The Kier molecular flexibility index (Phi) is 12.4. The Labute approximate surface area is 261 Å². The van der Waals surface area contributed by atoms with Crippen molar-refractivity contribution in [1.82, 2.24) is 0 Å². The van der Waals surface area contributed by atoms with Gasteiger partial charge in [0.05, 0.1) is 5.41 Å². The molecule has 0 amide bonds. The van der Waals surface area contributed by atoms with Crippen LogP contribution >= 0.6 is 11.8 Å². The molecule has 0 bridgehead atoms. The SMILES string of the molecule is CCCCCCCCCC(CCCCCC(F)(F)C(F)(F)F)(C(=O)O)C1c2ccc(O)cc2SCC1(C)c1ccc(O)cc1. The van der Waals surface area contributed by atoms with Crippen molar-refractivity contribution in [2.45, 2.75) is 126 Å². The van der Waals surface area contributed by atoms with Gasteiger partial charge in [-0.15, -0.1) is 11.8 Å². The number of phenols is 2. The van der Waals surface area contributed by atoms with Crippen LogP contribution in [0.25, 0.3) is 0 Å². The lowest BCUT2D eigenvalue weighted by Crippen LogP contribution is -2.49. The van der Waals surface area contributed by atoms with Gasteiger partial charge in [-0.25, -0.2) is 0 Å². The first kappa shape index (κ1) is 36.0. The van der Waals surface area contributed by atoms with E-state index in [-0.39, 0.29) is 37.2 Å². The Morgan fingerprint density at radius 1 is 0.818 bits per heavy atom. The summed E-state index contributed by atoms with van der Waals surface area (Å²) in [7, 11) is 0. The van der Waals surface area contributed by atoms with E-state index in [4.69, 9.17) is 0 Å². The summed E-state index contributed by atoms with van der Waals surface area (Å²) in [6.45, 7) is 4.13. The standard InChI is InChI=1S/C34H45F5O4S/c1-3-4-5-6-7-8-10-19-32(30(42)43,20-11-9-12-21-33(35,36)34(37,38)39)29-27-18-17-26(41)22-28(27)44-23-31(29,2)24-13-15-25(40)16-14-24/h13-18,22,29,40-41H,3-12,19-21,23H2,1-2H3,(H,42,43).